The molecule has 0 aliphatic rings. The van der Waals surface area contributed by atoms with Crippen LogP contribution in [-0.2, 0) is 16.4 Å². The SMILES string of the molecule is CCc1cc(C)c(S(=O)(=O)NC(CSc2ccc(F)c(Cl)c2)C(F)(F)F)c(C)c1. The number of hydrogen-bond donors (Lipinski definition) is 1. The first-order valence-electron chi connectivity index (χ1n) is 8.62. The Hall–Kier alpha value is -1.29. The van der Waals surface area contributed by atoms with Crippen LogP contribution in [0.5, 0.6) is 0 Å². The Kier molecular flexibility index (Phi) is 7.64. The zero-order valence-corrected chi connectivity index (χ0v) is 18.3. The van der Waals surface area contributed by atoms with Gasteiger partial charge in [0.25, 0.3) is 0 Å². The Morgan fingerprint density at radius 1 is 1.14 bits per heavy atom. The van der Waals surface area contributed by atoms with Gasteiger partial charge in [0.1, 0.15) is 11.9 Å². The molecule has 0 heterocycles. The first kappa shape index (κ1) is 24.0. The second kappa shape index (κ2) is 9.24. The lowest BCUT2D eigenvalue weighted by Gasteiger charge is -2.23. The minimum absolute atomic E-state index is 0.154. The smallest absolute Gasteiger partial charge is 0.207 e. The van der Waals surface area contributed by atoms with E-state index in [1.807, 2.05) is 6.92 Å². The Morgan fingerprint density at radius 3 is 2.21 bits per heavy atom. The van der Waals surface area contributed by atoms with Gasteiger partial charge in [-0.2, -0.15) is 17.9 Å². The Labute approximate surface area is 176 Å². The van der Waals surface area contributed by atoms with Gasteiger partial charge in [-0.15, -0.1) is 11.8 Å². The fourth-order valence-electron chi connectivity index (χ4n) is 2.86. The van der Waals surface area contributed by atoms with Gasteiger partial charge in [-0.1, -0.05) is 30.7 Å². The molecule has 2 aromatic rings. The molecule has 1 N–H and O–H groups in total. The van der Waals surface area contributed by atoms with Crippen LogP contribution in [0, 0.1) is 19.7 Å². The minimum Gasteiger partial charge on any atom is -0.207 e. The maximum Gasteiger partial charge on any atom is 0.405 e. The summed E-state index contributed by atoms with van der Waals surface area (Å²) in [5.41, 5.74) is 1.66. The summed E-state index contributed by atoms with van der Waals surface area (Å²) in [5, 5.41) is -0.221. The number of alkyl halides is 3. The number of benzene rings is 2. The molecule has 0 amide bonds. The molecule has 0 fully saturated rings. The van der Waals surface area contributed by atoms with Crippen molar-refractivity contribution in [3.05, 3.63) is 57.9 Å². The Bertz CT molecular complexity index is 971. The molecule has 0 saturated carbocycles. The van der Waals surface area contributed by atoms with Crippen molar-refractivity contribution in [2.75, 3.05) is 5.75 Å². The molecular formula is C19H20ClF4NO2S2. The van der Waals surface area contributed by atoms with E-state index in [9.17, 15) is 26.0 Å². The van der Waals surface area contributed by atoms with Crippen molar-refractivity contribution in [3.63, 3.8) is 0 Å². The summed E-state index contributed by atoms with van der Waals surface area (Å²) in [4.78, 5) is 0.142. The Balaban J connectivity index is 2.29. The van der Waals surface area contributed by atoms with E-state index in [2.05, 4.69) is 0 Å². The molecular weight excluding hydrogens is 450 g/mol. The summed E-state index contributed by atoms with van der Waals surface area (Å²) in [6.07, 6.45) is -4.13. The fraction of sp³-hybridized carbons (Fsp3) is 0.368. The summed E-state index contributed by atoms with van der Waals surface area (Å²) in [6.45, 7) is 5.01. The number of aryl methyl sites for hydroxylation is 3. The third-order valence-corrected chi connectivity index (χ3v) is 7.35. The zero-order chi connectivity index (χ0) is 22.0. The monoisotopic (exact) mass is 469 g/mol. The van der Waals surface area contributed by atoms with Gasteiger partial charge >= 0.3 is 6.18 Å². The van der Waals surface area contributed by atoms with Gasteiger partial charge in [0.05, 0.1) is 9.92 Å². The fourth-order valence-corrected chi connectivity index (χ4v) is 5.88. The predicted octanol–water partition coefficient (Wildman–Crippen LogP) is 5.66. The minimum atomic E-state index is -4.81. The van der Waals surface area contributed by atoms with Crippen molar-refractivity contribution in [1.29, 1.82) is 0 Å². The van der Waals surface area contributed by atoms with E-state index in [0.717, 1.165) is 23.4 Å². The molecule has 0 radical (unpaired) electrons. The van der Waals surface area contributed by atoms with Gasteiger partial charge in [-0.3, -0.25) is 0 Å². The van der Waals surface area contributed by atoms with E-state index in [4.69, 9.17) is 11.6 Å². The molecule has 1 unspecified atom stereocenters. The van der Waals surface area contributed by atoms with Crippen LogP contribution in [0.25, 0.3) is 0 Å². The topological polar surface area (TPSA) is 46.2 Å². The van der Waals surface area contributed by atoms with E-state index in [1.54, 1.807) is 30.7 Å². The highest BCUT2D eigenvalue weighted by molar-refractivity contribution is 7.99. The molecule has 2 aromatic carbocycles. The predicted molar refractivity (Wildman–Crippen MR) is 108 cm³/mol. The quantitative estimate of drug-likeness (QED) is 0.420. The molecule has 0 aromatic heterocycles. The second-order valence-corrected chi connectivity index (χ2v) is 9.67. The highest BCUT2D eigenvalue weighted by Crippen LogP contribution is 2.31. The number of hydrogen-bond acceptors (Lipinski definition) is 3. The molecule has 0 bridgehead atoms. The lowest BCUT2D eigenvalue weighted by molar-refractivity contribution is -0.145. The highest BCUT2D eigenvalue weighted by atomic mass is 35.5. The number of halogens is 5. The molecule has 10 heteroatoms. The van der Waals surface area contributed by atoms with Crippen molar-refractivity contribution in [1.82, 2.24) is 4.72 Å². The number of nitrogens with one attached hydrogen (secondary N) is 1. The summed E-state index contributed by atoms with van der Waals surface area (Å²) < 4.78 is 81.0. The average Bonchev–Trinajstić information content (AvgIpc) is 2.59. The summed E-state index contributed by atoms with van der Waals surface area (Å²) in [6, 6.07) is 4.50. The van der Waals surface area contributed by atoms with Gasteiger partial charge in [0, 0.05) is 10.6 Å². The third-order valence-electron chi connectivity index (χ3n) is 4.20. The lowest BCUT2D eigenvalue weighted by atomic mass is 10.1. The van der Waals surface area contributed by atoms with E-state index in [-0.39, 0.29) is 9.92 Å². The van der Waals surface area contributed by atoms with Crippen LogP contribution in [0.1, 0.15) is 23.6 Å². The number of rotatable bonds is 7. The van der Waals surface area contributed by atoms with Crippen LogP contribution in [0.15, 0.2) is 40.1 Å². The second-order valence-electron chi connectivity index (χ2n) is 6.51. The van der Waals surface area contributed by atoms with Gasteiger partial charge in [0.15, 0.2) is 0 Å². The van der Waals surface area contributed by atoms with Crippen molar-refractivity contribution in [2.24, 2.45) is 0 Å². The average molecular weight is 470 g/mol. The molecule has 2 rings (SSSR count). The van der Waals surface area contributed by atoms with Gasteiger partial charge in [-0.05, 0) is 55.2 Å². The van der Waals surface area contributed by atoms with Gasteiger partial charge in [0.2, 0.25) is 10.0 Å². The Morgan fingerprint density at radius 2 is 1.72 bits per heavy atom. The van der Waals surface area contributed by atoms with Crippen molar-refractivity contribution < 1.29 is 26.0 Å². The maximum absolute atomic E-state index is 13.5. The van der Waals surface area contributed by atoms with Crippen LogP contribution in [0.3, 0.4) is 0 Å². The maximum atomic E-state index is 13.5. The highest BCUT2D eigenvalue weighted by Gasteiger charge is 2.42. The zero-order valence-electron chi connectivity index (χ0n) is 15.9. The van der Waals surface area contributed by atoms with Crippen LogP contribution in [0.4, 0.5) is 17.6 Å². The first-order chi connectivity index (χ1) is 13.3. The van der Waals surface area contributed by atoms with E-state index in [1.165, 1.54) is 12.1 Å². The largest absolute Gasteiger partial charge is 0.405 e. The summed E-state index contributed by atoms with van der Waals surface area (Å²) in [5.74, 6) is -1.32. The molecule has 1 atom stereocenters. The molecule has 0 aliphatic carbocycles. The molecule has 0 saturated heterocycles. The number of sulfonamides is 1. The van der Waals surface area contributed by atoms with E-state index < -0.39 is 33.8 Å². The summed E-state index contributed by atoms with van der Waals surface area (Å²) >= 11 is 6.37. The van der Waals surface area contributed by atoms with E-state index >= 15 is 0 Å². The third kappa shape index (κ3) is 6.10. The normalized spacial score (nSPS) is 13.5. The molecule has 0 aliphatic heterocycles. The molecule has 29 heavy (non-hydrogen) atoms. The van der Waals surface area contributed by atoms with Gasteiger partial charge < -0.3 is 0 Å². The van der Waals surface area contributed by atoms with Crippen LogP contribution < -0.4 is 4.72 Å². The van der Waals surface area contributed by atoms with Crippen LogP contribution in [0.2, 0.25) is 5.02 Å². The van der Waals surface area contributed by atoms with Crippen LogP contribution in [-0.4, -0.2) is 26.4 Å². The molecule has 0 spiro atoms. The first-order valence-corrected chi connectivity index (χ1v) is 11.5. The van der Waals surface area contributed by atoms with Crippen molar-refractivity contribution in [2.45, 2.75) is 49.2 Å². The summed E-state index contributed by atoms with van der Waals surface area (Å²) in [7, 11) is -4.42. The van der Waals surface area contributed by atoms with Gasteiger partial charge in [-0.25, -0.2) is 12.8 Å². The van der Waals surface area contributed by atoms with Crippen molar-refractivity contribution >= 4 is 33.4 Å². The molecule has 3 nitrogen and oxygen atoms in total. The lowest BCUT2D eigenvalue weighted by Crippen LogP contribution is -2.47. The number of thioether (sulfide) groups is 1. The molecule has 160 valence electrons. The van der Waals surface area contributed by atoms with E-state index in [0.29, 0.717) is 22.4 Å². The van der Waals surface area contributed by atoms with Crippen molar-refractivity contribution in [3.8, 4) is 0 Å². The standard InChI is InChI=1S/C19H20ClF4NO2S2/c1-4-13-7-11(2)18(12(3)8-13)29(26,27)25-17(19(22,23)24)10-28-14-5-6-16(21)15(20)9-14/h5-9,17,25H,4,10H2,1-3H3. The van der Waals surface area contributed by atoms with Crippen LogP contribution >= 0.6 is 23.4 Å².